The van der Waals surface area contributed by atoms with Crippen LogP contribution in [0.5, 0.6) is 0 Å². The van der Waals surface area contributed by atoms with Gasteiger partial charge < -0.3 is 4.74 Å². The van der Waals surface area contributed by atoms with Gasteiger partial charge in [-0.2, -0.15) is 14.7 Å². The number of imide groups is 1. The van der Waals surface area contributed by atoms with E-state index in [1.54, 1.807) is 48.1 Å². The summed E-state index contributed by atoms with van der Waals surface area (Å²) in [5, 5.41) is 14.6. The summed E-state index contributed by atoms with van der Waals surface area (Å²) >= 11 is 0. The Kier molecular flexibility index (Phi) is 9.01. The van der Waals surface area contributed by atoms with Crippen molar-refractivity contribution in [1.29, 1.82) is 5.26 Å². The molecule has 1 aromatic heterocycles. The fraction of sp³-hybridized carbons (Fsp3) is 0.312. The van der Waals surface area contributed by atoms with Gasteiger partial charge in [-0.05, 0) is 49.3 Å². The van der Waals surface area contributed by atoms with E-state index in [0.717, 1.165) is 23.4 Å². The fourth-order valence-electron chi connectivity index (χ4n) is 5.18. The van der Waals surface area contributed by atoms with Crippen molar-refractivity contribution in [1.82, 2.24) is 19.0 Å². The Morgan fingerprint density at radius 3 is 2.47 bits per heavy atom. The number of para-hydroxylation sites is 1. The standard InChI is InChI=1S/C32H33N5O5S/c1-3-4-8-14-36-31(38)28(23(2)29(21-33)32(36)39)20-25-22-37(26-11-6-5-7-12-26)34-30(25)24-10-9-13-27(19-24)43(40,41)35-15-17-42-18-16-35/h5-7,9-13,19-20,22H,3-4,8,14-18H2,1-2H3/b28-20+. The molecular weight excluding hydrogens is 566 g/mol. The van der Waals surface area contributed by atoms with Crippen LogP contribution in [0, 0.1) is 11.3 Å². The Labute approximate surface area is 251 Å². The van der Waals surface area contributed by atoms with Gasteiger partial charge in [0.05, 0.1) is 23.8 Å². The normalized spacial score (nSPS) is 17.5. The Balaban J connectivity index is 1.64. The van der Waals surface area contributed by atoms with Crippen molar-refractivity contribution in [3.8, 4) is 23.0 Å². The number of hydrogen-bond acceptors (Lipinski definition) is 7. The SMILES string of the molecule is CCCCCN1C(=O)C(C#N)=C(C)/C(=C\c2cn(-c3ccccc3)nc2-c2cccc(S(=O)(=O)N3CCOCC3)c2)C1=O. The first-order chi connectivity index (χ1) is 20.8. The van der Waals surface area contributed by atoms with E-state index in [1.165, 1.54) is 4.31 Å². The first-order valence-electron chi connectivity index (χ1n) is 14.3. The van der Waals surface area contributed by atoms with Crippen LogP contribution < -0.4 is 0 Å². The smallest absolute Gasteiger partial charge is 0.271 e. The predicted molar refractivity (Wildman–Crippen MR) is 161 cm³/mol. The number of nitrogens with zero attached hydrogens (tertiary/aromatic N) is 5. The molecule has 222 valence electrons. The molecule has 3 heterocycles. The number of benzene rings is 2. The highest BCUT2D eigenvalue weighted by molar-refractivity contribution is 7.89. The van der Waals surface area contributed by atoms with Crippen LogP contribution in [-0.4, -0.2) is 72.1 Å². The van der Waals surface area contributed by atoms with Crippen molar-refractivity contribution >= 4 is 27.9 Å². The molecular formula is C32H33N5O5S. The third-order valence-electron chi connectivity index (χ3n) is 7.59. The molecule has 2 aliphatic rings. The lowest BCUT2D eigenvalue weighted by Crippen LogP contribution is -2.43. The Morgan fingerprint density at radius 1 is 1.02 bits per heavy atom. The minimum Gasteiger partial charge on any atom is -0.379 e. The molecule has 0 spiro atoms. The molecule has 0 unspecified atom stereocenters. The fourth-order valence-corrected chi connectivity index (χ4v) is 6.63. The summed E-state index contributed by atoms with van der Waals surface area (Å²) in [5.41, 5.74) is 2.73. The Bertz CT molecular complexity index is 1750. The molecule has 2 amide bonds. The molecule has 1 saturated heterocycles. The number of sulfonamides is 1. The molecule has 10 nitrogen and oxygen atoms in total. The summed E-state index contributed by atoms with van der Waals surface area (Å²) in [6, 6.07) is 18.0. The molecule has 2 aromatic carbocycles. The van der Waals surface area contributed by atoms with Crippen molar-refractivity contribution in [2.24, 2.45) is 0 Å². The van der Waals surface area contributed by atoms with Gasteiger partial charge in [0, 0.05) is 42.5 Å². The van der Waals surface area contributed by atoms with Crippen LogP contribution in [0.1, 0.15) is 38.7 Å². The molecule has 1 fully saturated rings. The maximum Gasteiger partial charge on any atom is 0.271 e. The number of carbonyl (C=O) groups is 2. The molecule has 0 saturated carbocycles. The maximum absolute atomic E-state index is 13.7. The van der Waals surface area contributed by atoms with Gasteiger partial charge in [-0.15, -0.1) is 0 Å². The van der Waals surface area contributed by atoms with Crippen LogP contribution in [0.15, 0.2) is 82.4 Å². The number of nitriles is 1. The van der Waals surface area contributed by atoms with Crippen LogP contribution >= 0.6 is 0 Å². The van der Waals surface area contributed by atoms with Crippen LogP contribution in [-0.2, 0) is 24.3 Å². The molecule has 2 aliphatic heterocycles. The molecule has 0 N–H and O–H groups in total. The van der Waals surface area contributed by atoms with Gasteiger partial charge in [0.25, 0.3) is 11.8 Å². The number of carbonyl (C=O) groups excluding carboxylic acids is 2. The highest BCUT2D eigenvalue weighted by Crippen LogP contribution is 2.32. The first-order valence-corrected chi connectivity index (χ1v) is 15.7. The number of aromatic nitrogens is 2. The average molecular weight is 600 g/mol. The first kappa shape index (κ1) is 30.1. The zero-order valence-electron chi connectivity index (χ0n) is 24.2. The zero-order valence-corrected chi connectivity index (χ0v) is 25.0. The molecule has 43 heavy (non-hydrogen) atoms. The molecule has 0 radical (unpaired) electrons. The lowest BCUT2D eigenvalue weighted by molar-refractivity contribution is -0.140. The molecule has 0 atom stereocenters. The number of unbranched alkanes of at least 4 members (excludes halogenated alkanes) is 2. The molecule has 5 rings (SSSR count). The van der Waals surface area contributed by atoms with Crippen molar-refractivity contribution in [3.63, 3.8) is 0 Å². The lowest BCUT2D eigenvalue weighted by atomic mass is 9.93. The van der Waals surface area contributed by atoms with E-state index in [-0.39, 0.29) is 35.7 Å². The quantitative estimate of drug-likeness (QED) is 0.203. The van der Waals surface area contributed by atoms with E-state index < -0.39 is 21.8 Å². The highest BCUT2D eigenvalue weighted by Gasteiger charge is 2.35. The monoisotopic (exact) mass is 599 g/mol. The zero-order chi connectivity index (χ0) is 30.6. The summed E-state index contributed by atoms with van der Waals surface area (Å²) in [5.74, 6) is -1.06. The second-order valence-corrected chi connectivity index (χ2v) is 12.3. The van der Waals surface area contributed by atoms with Gasteiger partial charge in [0.15, 0.2) is 0 Å². The second-order valence-electron chi connectivity index (χ2n) is 10.4. The van der Waals surface area contributed by atoms with E-state index in [9.17, 15) is 23.3 Å². The topological polar surface area (TPSA) is 126 Å². The van der Waals surface area contributed by atoms with Crippen LogP contribution in [0.25, 0.3) is 23.0 Å². The third-order valence-corrected chi connectivity index (χ3v) is 9.48. The summed E-state index contributed by atoms with van der Waals surface area (Å²) in [7, 11) is -3.77. The lowest BCUT2D eigenvalue weighted by Gasteiger charge is -2.27. The van der Waals surface area contributed by atoms with Crippen LogP contribution in [0.2, 0.25) is 0 Å². The number of amides is 2. The Hall–Kier alpha value is -4.37. The van der Waals surface area contributed by atoms with Gasteiger partial charge >= 0.3 is 0 Å². The average Bonchev–Trinajstić information content (AvgIpc) is 3.46. The predicted octanol–water partition coefficient (Wildman–Crippen LogP) is 4.34. The van der Waals surface area contributed by atoms with Gasteiger partial charge in [0.1, 0.15) is 17.3 Å². The minimum atomic E-state index is -3.77. The highest BCUT2D eigenvalue weighted by atomic mass is 32.2. The van der Waals surface area contributed by atoms with E-state index in [2.05, 4.69) is 0 Å². The Morgan fingerprint density at radius 2 is 1.77 bits per heavy atom. The second kappa shape index (κ2) is 12.9. The summed E-state index contributed by atoms with van der Waals surface area (Å²) < 4.78 is 35.3. The van der Waals surface area contributed by atoms with Gasteiger partial charge in [-0.25, -0.2) is 13.1 Å². The largest absolute Gasteiger partial charge is 0.379 e. The minimum absolute atomic E-state index is 0.0713. The summed E-state index contributed by atoms with van der Waals surface area (Å²) in [6.45, 7) is 5.07. The van der Waals surface area contributed by atoms with Gasteiger partial charge in [-0.1, -0.05) is 50.1 Å². The van der Waals surface area contributed by atoms with E-state index in [0.29, 0.717) is 42.0 Å². The third kappa shape index (κ3) is 6.08. The molecule has 11 heteroatoms. The van der Waals surface area contributed by atoms with E-state index >= 15 is 0 Å². The van der Waals surface area contributed by atoms with Crippen LogP contribution in [0.4, 0.5) is 0 Å². The molecule has 3 aromatic rings. The van der Waals surface area contributed by atoms with Crippen molar-refractivity contribution in [2.45, 2.75) is 38.0 Å². The van der Waals surface area contributed by atoms with Crippen LogP contribution in [0.3, 0.4) is 0 Å². The summed E-state index contributed by atoms with van der Waals surface area (Å²) in [4.78, 5) is 28.0. The van der Waals surface area contributed by atoms with Gasteiger partial charge in [0.2, 0.25) is 10.0 Å². The van der Waals surface area contributed by atoms with Crippen molar-refractivity contribution in [3.05, 3.63) is 83.1 Å². The van der Waals surface area contributed by atoms with Gasteiger partial charge in [-0.3, -0.25) is 14.5 Å². The summed E-state index contributed by atoms with van der Waals surface area (Å²) in [6.07, 6.45) is 5.80. The number of hydrogen-bond donors (Lipinski definition) is 0. The van der Waals surface area contributed by atoms with Crippen molar-refractivity contribution in [2.75, 3.05) is 32.8 Å². The molecule has 0 bridgehead atoms. The maximum atomic E-state index is 13.7. The van der Waals surface area contributed by atoms with Crippen molar-refractivity contribution < 1.29 is 22.7 Å². The molecule has 0 aliphatic carbocycles. The number of morpholine rings is 1. The van der Waals surface area contributed by atoms with E-state index in [4.69, 9.17) is 9.84 Å². The van der Waals surface area contributed by atoms with E-state index in [1.807, 2.05) is 43.3 Å². The number of rotatable bonds is 9. The number of ether oxygens (including phenoxy) is 1.